The van der Waals surface area contributed by atoms with Crippen LogP contribution in [0.4, 0.5) is 0 Å². The number of hydrogen-bond donors (Lipinski definition) is 3. The zero-order chi connectivity index (χ0) is 15.8. The highest BCUT2D eigenvalue weighted by atomic mass is 16.3. The molecule has 0 aliphatic rings. The third-order valence-electron chi connectivity index (χ3n) is 2.65. The lowest BCUT2D eigenvalue weighted by atomic mass is 10.2. The molecule has 7 heteroatoms. The standard InChI is InChI=1S/C15H14N4O3/c20-13-5-3-11(4-6-13)10-18-19-15(22)14(21)17-9-12-2-1-7-16-8-12/h1-8,10,20H,9H2,(H,17,21)(H,19,22). The lowest BCUT2D eigenvalue weighted by Gasteiger charge is -2.03. The second kappa shape index (κ2) is 7.53. The minimum Gasteiger partial charge on any atom is -0.508 e. The quantitative estimate of drug-likeness (QED) is 0.435. The molecule has 1 aromatic heterocycles. The van der Waals surface area contributed by atoms with E-state index in [0.29, 0.717) is 5.56 Å². The maximum absolute atomic E-state index is 11.6. The molecule has 2 amide bonds. The number of aromatic nitrogens is 1. The van der Waals surface area contributed by atoms with Gasteiger partial charge in [0.05, 0.1) is 6.21 Å². The molecule has 0 aliphatic heterocycles. The summed E-state index contributed by atoms with van der Waals surface area (Å²) < 4.78 is 0. The molecule has 2 rings (SSSR count). The van der Waals surface area contributed by atoms with E-state index in [4.69, 9.17) is 5.11 Å². The summed E-state index contributed by atoms with van der Waals surface area (Å²) in [6, 6.07) is 9.74. The Labute approximate surface area is 126 Å². The van der Waals surface area contributed by atoms with Crippen LogP contribution in [0.1, 0.15) is 11.1 Å². The Kier molecular flexibility index (Phi) is 5.20. The highest BCUT2D eigenvalue weighted by molar-refractivity contribution is 6.35. The van der Waals surface area contributed by atoms with Crippen LogP contribution in [-0.4, -0.2) is 28.1 Å². The molecule has 2 aromatic rings. The fourth-order valence-corrected chi connectivity index (χ4v) is 1.54. The number of phenolic OH excluding ortho intramolecular Hbond substituents is 1. The Morgan fingerprint density at radius 1 is 1.18 bits per heavy atom. The Morgan fingerprint density at radius 3 is 2.64 bits per heavy atom. The van der Waals surface area contributed by atoms with E-state index < -0.39 is 11.8 Å². The summed E-state index contributed by atoms with van der Waals surface area (Å²) in [5.74, 6) is -1.51. The van der Waals surface area contributed by atoms with Gasteiger partial charge < -0.3 is 10.4 Å². The predicted octanol–water partition coefficient (Wildman–Crippen LogP) is 0.554. The van der Waals surface area contributed by atoms with Gasteiger partial charge in [0.25, 0.3) is 0 Å². The third kappa shape index (κ3) is 4.71. The first-order valence-electron chi connectivity index (χ1n) is 6.44. The van der Waals surface area contributed by atoms with Gasteiger partial charge in [0.2, 0.25) is 0 Å². The molecule has 3 N–H and O–H groups in total. The van der Waals surface area contributed by atoms with Crippen LogP contribution in [0.2, 0.25) is 0 Å². The summed E-state index contributed by atoms with van der Waals surface area (Å²) in [7, 11) is 0. The monoisotopic (exact) mass is 298 g/mol. The van der Waals surface area contributed by atoms with Crippen molar-refractivity contribution in [2.45, 2.75) is 6.54 Å². The van der Waals surface area contributed by atoms with Crippen LogP contribution < -0.4 is 10.7 Å². The van der Waals surface area contributed by atoms with Crippen LogP contribution in [0, 0.1) is 0 Å². The van der Waals surface area contributed by atoms with Crippen molar-refractivity contribution in [3.8, 4) is 5.75 Å². The lowest BCUT2D eigenvalue weighted by molar-refractivity contribution is -0.139. The summed E-state index contributed by atoms with van der Waals surface area (Å²) >= 11 is 0. The van der Waals surface area contributed by atoms with Crippen molar-refractivity contribution in [1.29, 1.82) is 0 Å². The van der Waals surface area contributed by atoms with Crippen LogP contribution >= 0.6 is 0 Å². The van der Waals surface area contributed by atoms with Gasteiger partial charge in [0, 0.05) is 18.9 Å². The van der Waals surface area contributed by atoms with Gasteiger partial charge in [-0.15, -0.1) is 0 Å². The van der Waals surface area contributed by atoms with Gasteiger partial charge in [-0.05, 0) is 41.5 Å². The number of benzene rings is 1. The number of hydrazone groups is 1. The van der Waals surface area contributed by atoms with Crippen molar-refractivity contribution < 1.29 is 14.7 Å². The smallest absolute Gasteiger partial charge is 0.329 e. The molecule has 0 unspecified atom stereocenters. The van der Waals surface area contributed by atoms with Gasteiger partial charge in [0.1, 0.15) is 5.75 Å². The number of carbonyl (C=O) groups excluding carboxylic acids is 2. The van der Waals surface area contributed by atoms with E-state index in [-0.39, 0.29) is 12.3 Å². The topological polar surface area (TPSA) is 104 Å². The normalized spacial score (nSPS) is 10.4. The van der Waals surface area contributed by atoms with Gasteiger partial charge in [-0.3, -0.25) is 14.6 Å². The number of nitrogens with zero attached hydrogens (tertiary/aromatic N) is 2. The van der Waals surface area contributed by atoms with Crippen molar-refractivity contribution in [2.75, 3.05) is 0 Å². The van der Waals surface area contributed by atoms with Crippen LogP contribution in [0.5, 0.6) is 5.75 Å². The van der Waals surface area contributed by atoms with E-state index in [1.165, 1.54) is 18.3 Å². The number of phenols is 1. The van der Waals surface area contributed by atoms with E-state index in [0.717, 1.165) is 5.56 Å². The number of aromatic hydroxyl groups is 1. The molecule has 22 heavy (non-hydrogen) atoms. The van der Waals surface area contributed by atoms with Crippen LogP contribution in [0.25, 0.3) is 0 Å². The second-order valence-corrected chi connectivity index (χ2v) is 4.33. The van der Waals surface area contributed by atoms with Gasteiger partial charge in [-0.2, -0.15) is 5.10 Å². The van der Waals surface area contributed by atoms with E-state index in [1.807, 2.05) is 0 Å². The van der Waals surface area contributed by atoms with Crippen LogP contribution in [0.15, 0.2) is 53.9 Å². The van der Waals surface area contributed by atoms with E-state index >= 15 is 0 Å². The van der Waals surface area contributed by atoms with Crippen molar-refractivity contribution in [3.05, 3.63) is 59.9 Å². The van der Waals surface area contributed by atoms with Crippen molar-refractivity contribution >= 4 is 18.0 Å². The highest BCUT2D eigenvalue weighted by Gasteiger charge is 2.11. The SMILES string of the molecule is O=C(NCc1cccnc1)C(=O)NN=Cc1ccc(O)cc1. The minimum atomic E-state index is -0.862. The number of pyridine rings is 1. The zero-order valence-corrected chi connectivity index (χ0v) is 11.6. The summed E-state index contributed by atoms with van der Waals surface area (Å²) in [4.78, 5) is 27.0. The van der Waals surface area contributed by atoms with Gasteiger partial charge >= 0.3 is 11.8 Å². The van der Waals surface area contributed by atoms with Crippen molar-refractivity contribution in [1.82, 2.24) is 15.7 Å². The van der Waals surface area contributed by atoms with Gasteiger partial charge in [-0.1, -0.05) is 6.07 Å². The van der Waals surface area contributed by atoms with Crippen molar-refractivity contribution in [3.63, 3.8) is 0 Å². The first kappa shape index (κ1) is 15.2. The van der Waals surface area contributed by atoms with Gasteiger partial charge in [-0.25, -0.2) is 5.43 Å². The molecule has 0 fully saturated rings. The molecule has 7 nitrogen and oxygen atoms in total. The average Bonchev–Trinajstić information content (AvgIpc) is 2.55. The van der Waals surface area contributed by atoms with E-state index in [9.17, 15) is 9.59 Å². The fourth-order valence-electron chi connectivity index (χ4n) is 1.54. The Balaban J connectivity index is 1.79. The van der Waals surface area contributed by atoms with E-state index in [1.54, 1.807) is 36.7 Å². The number of amides is 2. The minimum absolute atomic E-state index is 0.135. The fraction of sp³-hybridized carbons (Fsp3) is 0.0667. The first-order valence-corrected chi connectivity index (χ1v) is 6.44. The molecule has 0 bridgehead atoms. The second-order valence-electron chi connectivity index (χ2n) is 4.33. The van der Waals surface area contributed by atoms with Crippen LogP contribution in [-0.2, 0) is 16.1 Å². The first-order chi connectivity index (χ1) is 10.6. The summed E-state index contributed by atoms with van der Waals surface area (Å²) in [6.45, 7) is 0.210. The molecular weight excluding hydrogens is 284 g/mol. The lowest BCUT2D eigenvalue weighted by Crippen LogP contribution is -2.37. The predicted molar refractivity (Wildman–Crippen MR) is 79.9 cm³/mol. The molecule has 1 aromatic carbocycles. The number of hydrogen-bond acceptors (Lipinski definition) is 5. The molecule has 0 atom stereocenters. The molecule has 0 saturated carbocycles. The highest BCUT2D eigenvalue weighted by Crippen LogP contribution is 2.07. The molecule has 1 heterocycles. The Morgan fingerprint density at radius 2 is 1.95 bits per heavy atom. The summed E-state index contributed by atoms with van der Waals surface area (Å²) in [5, 5.41) is 15.2. The third-order valence-corrected chi connectivity index (χ3v) is 2.65. The average molecular weight is 298 g/mol. The Hall–Kier alpha value is -3.22. The molecule has 0 saturated heterocycles. The largest absolute Gasteiger partial charge is 0.508 e. The van der Waals surface area contributed by atoms with E-state index in [2.05, 4.69) is 20.8 Å². The summed E-state index contributed by atoms with van der Waals surface area (Å²) in [5.41, 5.74) is 3.59. The van der Waals surface area contributed by atoms with Crippen LogP contribution in [0.3, 0.4) is 0 Å². The molecule has 0 radical (unpaired) electrons. The number of rotatable bonds is 4. The molecular formula is C15H14N4O3. The molecule has 112 valence electrons. The van der Waals surface area contributed by atoms with Crippen molar-refractivity contribution in [2.24, 2.45) is 5.10 Å². The summed E-state index contributed by atoms with van der Waals surface area (Å²) in [6.07, 6.45) is 4.59. The molecule has 0 aliphatic carbocycles. The molecule has 0 spiro atoms. The Bertz CT molecular complexity index is 669. The number of nitrogens with one attached hydrogen (secondary N) is 2. The maximum atomic E-state index is 11.6. The zero-order valence-electron chi connectivity index (χ0n) is 11.6. The van der Waals surface area contributed by atoms with Gasteiger partial charge in [0.15, 0.2) is 0 Å². The number of carbonyl (C=O) groups is 2. The maximum Gasteiger partial charge on any atom is 0.329 e.